The van der Waals surface area contributed by atoms with Crippen molar-refractivity contribution < 1.29 is 9.53 Å². The molecular weight excluding hydrogens is 274 g/mol. The molecular formula is C19H23NO2. The Morgan fingerprint density at radius 3 is 2.55 bits per heavy atom. The minimum Gasteiger partial charge on any atom is -0.489 e. The second-order valence-corrected chi connectivity index (χ2v) is 5.49. The fourth-order valence-corrected chi connectivity index (χ4v) is 2.45. The lowest BCUT2D eigenvalue weighted by molar-refractivity contribution is -0.118. The summed E-state index contributed by atoms with van der Waals surface area (Å²) < 4.78 is 5.94. The second kappa shape index (κ2) is 7.12. The highest BCUT2D eigenvalue weighted by Gasteiger charge is 2.13. The van der Waals surface area contributed by atoms with Gasteiger partial charge in [-0.1, -0.05) is 42.8 Å². The van der Waals surface area contributed by atoms with Crippen LogP contribution in [0.4, 0.5) is 5.69 Å². The maximum atomic E-state index is 11.9. The lowest BCUT2D eigenvalue weighted by Crippen LogP contribution is -2.26. The molecule has 0 fully saturated rings. The third-order valence-electron chi connectivity index (χ3n) is 3.74. The van der Waals surface area contributed by atoms with Crippen LogP contribution in [0.25, 0.3) is 0 Å². The number of amides is 1. The highest BCUT2D eigenvalue weighted by atomic mass is 16.5. The number of benzene rings is 2. The number of hydrogen-bond donors (Lipinski definition) is 0. The highest BCUT2D eigenvalue weighted by molar-refractivity contribution is 5.93. The molecule has 0 heterocycles. The van der Waals surface area contributed by atoms with Crippen LogP contribution in [-0.2, 0) is 11.4 Å². The minimum atomic E-state index is 0.0963. The largest absolute Gasteiger partial charge is 0.489 e. The molecule has 3 nitrogen and oxygen atoms in total. The number of para-hydroxylation sites is 1. The molecule has 2 rings (SSSR count). The van der Waals surface area contributed by atoms with Gasteiger partial charge in [0.05, 0.1) is 0 Å². The average Bonchev–Trinajstić information content (AvgIpc) is 2.53. The average molecular weight is 297 g/mol. The Morgan fingerprint density at radius 1 is 1.14 bits per heavy atom. The summed E-state index contributed by atoms with van der Waals surface area (Å²) in [5, 5.41) is 0. The van der Waals surface area contributed by atoms with Crippen LogP contribution in [0.5, 0.6) is 5.75 Å². The molecule has 0 aliphatic heterocycles. The molecule has 0 N–H and O–H groups in total. The summed E-state index contributed by atoms with van der Waals surface area (Å²) in [6.45, 7) is 6.42. The van der Waals surface area contributed by atoms with E-state index in [1.165, 1.54) is 5.56 Å². The topological polar surface area (TPSA) is 29.5 Å². The van der Waals surface area contributed by atoms with Gasteiger partial charge >= 0.3 is 0 Å². The minimum absolute atomic E-state index is 0.0963. The zero-order valence-electron chi connectivity index (χ0n) is 13.7. The first-order chi connectivity index (χ1) is 10.5. The van der Waals surface area contributed by atoms with E-state index in [9.17, 15) is 4.79 Å². The molecule has 0 saturated carbocycles. The fourth-order valence-electron chi connectivity index (χ4n) is 2.45. The summed E-state index contributed by atoms with van der Waals surface area (Å²) in [4.78, 5) is 13.6. The Kier molecular flexibility index (Phi) is 5.21. The van der Waals surface area contributed by atoms with Crippen molar-refractivity contribution in [1.29, 1.82) is 0 Å². The van der Waals surface area contributed by atoms with Gasteiger partial charge in [0.1, 0.15) is 12.4 Å². The molecule has 0 aliphatic rings. The van der Waals surface area contributed by atoms with Gasteiger partial charge in [-0.05, 0) is 31.5 Å². The Hall–Kier alpha value is -2.29. The SMILES string of the molecule is CCC(=O)N(C)c1ccccc1COc1ccc(C)cc1C. The summed E-state index contributed by atoms with van der Waals surface area (Å²) in [6.07, 6.45) is 0.489. The molecule has 0 bridgehead atoms. The van der Waals surface area contributed by atoms with Crippen LogP contribution in [0.2, 0.25) is 0 Å². The lowest BCUT2D eigenvalue weighted by atomic mass is 10.1. The van der Waals surface area contributed by atoms with Crippen LogP contribution in [0, 0.1) is 13.8 Å². The Balaban J connectivity index is 2.18. The molecule has 2 aromatic carbocycles. The van der Waals surface area contributed by atoms with Crippen molar-refractivity contribution in [3.05, 3.63) is 59.2 Å². The Morgan fingerprint density at radius 2 is 1.86 bits per heavy atom. The Bertz CT molecular complexity index is 664. The van der Waals surface area contributed by atoms with Gasteiger partial charge in [0.25, 0.3) is 0 Å². The van der Waals surface area contributed by atoms with Crippen LogP contribution >= 0.6 is 0 Å². The van der Waals surface area contributed by atoms with E-state index in [1.54, 1.807) is 4.90 Å². The Labute approximate surface area is 132 Å². The molecule has 2 aromatic rings. The molecule has 0 unspecified atom stereocenters. The van der Waals surface area contributed by atoms with Gasteiger partial charge in [0.15, 0.2) is 0 Å². The standard InChI is InChI=1S/C19H23NO2/c1-5-19(21)20(4)17-9-7-6-8-16(17)13-22-18-11-10-14(2)12-15(18)3/h6-12H,5,13H2,1-4H3. The number of aryl methyl sites for hydroxylation is 2. The third-order valence-corrected chi connectivity index (χ3v) is 3.74. The van der Waals surface area contributed by atoms with Crippen LogP contribution in [0.3, 0.4) is 0 Å². The molecule has 0 radical (unpaired) electrons. The van der Waals surface area contributed by atoms with Crippen LogP contribution < -0.4 is 9.64 Å². The molecule has 0 spiro atoms. The maximum absolute atomic E-state index is 11.9. The van der Waals surface area contributed by atoms with Crippen molar-refractivity contribution in [2.24, 2.45) is 0 Å². The highest BCUT2D eigenvalue weighted by Crippen LogP contribution is 2.24. The summed E-state index contributed by atoms with van der Waals surface area (Å²) in [5.41, 5.74) is 4.25. The molecule has 3 heteroatoms. The van der Waals surface area contributed by atoms with Gasteiger partial charge in [-0.15, -0.1) is 0 Å². The molecule has 22 heavy (non-hydrogen) atoms. The fraction of sp³-hybridized carbons (Fsp3) is 0.316. The van der Waals surface area contributed by atoms with Crippen molar-refractivity contribution in [2.75, 3.05) is 11.9 Å². The van der Waals surface area contributed by atoms with Crippen molar-refractivity contribution >= 4 is 11.6 Å². The summed E-state index contributed by atoms with van der Waals surface area (Å²) >= 11 is 0. The van der Waals surface area contributed by atoms with Crippen molar-refractivity contribution in [3.63, 3.8) is 0 Å². The molecule has 0 atom stereocenters. The summed E-state index contributed by atoms with van der Waals surface area (Å²) in [6, 6.07) is 14.0. The molecule has 1 amide bonds. The van der Waals surface area contributed by atoms with Gasteiger partial charge in [0, 0.05) is 24.7 Å². The number of carbonyl (C=O) groups is 1. The van der Waals surface area contributed by atoms with E-state index in [2.05, 4.69) is 13.0 Å². The quantitative estimate of drug-likeness (QED) is 0.825. The molecule has 0 aromatic heterocycles. The number of anilines is 1. The third kappa shape index (κ3) is 3.67. The molecule has 116 valence electrons. The van der Waals surface area contributed by atoms with E-state index in [0.29, 0.717) is 13.0 Å². The van der Waals surface area contributed by atoms with Crippen molar-refractivity contribution in [1.82, 2.24) is 0 Å². The van der Waals surface area contributed by atoms with E-state index in [0.717, 1.165) is 22.6 Å². The van der Waals surface area contributed by atoms with Gasteiger partial charge in [0.2, 0.25) is 5.91 Å². The number of ether oxygens (including phenoxy) is 1. The van der Waals surface area contributed by atoms with Crippen LogP contribution in [-0.4, -0.2) is 13.0 Å². The number of hydrogen-bond acceptors (Lipinski definition) is 2. The van der Waals surface area contributed by atoms with E-state index in [4.69, 9.17) is 4.74 Å². The van der Waals surface area contributed by atoms with E-state index < -0.39 is 0 Å². The van der Waals surface area contributed by atoms with Gasteiger partial charge in [-0.2, -0.15) is 0 Å². The molecule has 0 saturated heterocycles. The van der Waals surface area contributed by atoms with Gasteiger partial charge in [-0.3, -0.25) is 4.79 Å². The van der Waals surface area contributed by atoms with Gasteiger partial charge < -0.3 is 9.64 Å². The summed E-state index contributed by atoms with van der Waals surface area (Å²) in [7, 11) is 1.81. The number of nitrogens with zero attached hydrogens (tertiary/aromatic N) is 1. The zero-order chi connectivity index (χ0) is 16.1. The van der Waals surface area contributed by atoms with E-state index in [1.807, 2.05) is 57.3 Å². The second-order valence-electron chi connectivity index (χ2n) is 5.49. The predicted octanol–water partition coefficient (Wildman–Crippen LogP) is 4.26. The smallest absolute Gasteiger partial charge is 0.226 e. The van der Waals surface area contributed by atoms with Gasteiger partial charge in [-0.25, -0.2) is 0 Å². The zero-order valence-corrected chi connectivity index (χ0v) is 13.7. The van der Waals surface area contributed by atoms with Crippen molar-refractivity contribution in [3.8, 4) is 5.75 Å². The lowest BCUT2D eigenvalue weighted by Gasteiger charge is -2.20. The normalized spacial score (nSPS) is 10.4. The van der Waals surface area contributed by atoms with Crippen LogP contribution in [0.15, 0.2) is 42.5 Å². The summed E-state index contributed by atoms with van der Waals surface area (Å²) in [5.74, 6) is 0.976. The first-order valence-electron chi connectivity index (χ1n) is 7.57. The monoisotopic (exact) mass is 297 g/mol. The molecule has 0 aliphatic carbocycles. The van der Waals surface area contributed by atoms with Crippen molar-refractivity contribution in [2.45, 2.75) is 33.8 Å². The predicted molar refractivity (Wildman–Crippen MR) is 90.4 cm³/mol. The van der Waals surface area contributed by atoms with E-state index in [-0.39, 0.29) is 5.91 Å². The number of rotatable bonds is 5. The maximum Gasteiger partial charge on any atom is 0.226 e. The van der Waals surface area contributed by atoms with E-state index >= 15 is 0 Å². The number of carbonyl (C=O) groups excluding carboxylic acids is 1. The first-order valence-corrected chi connectivity index (χ1v) is 7.57. The van der Waals surface area contributed by atoms with Crippen LogP contribution in [0.1, 0.15) is 30.0 Å². The first kappa shape index (κ1) is 16.1.